The van der Waals surface area contributed by atoms with Crippen LogP contribution in [-0.2, 0) is 0 Å². The Balaban J connectivity index is 2.82. The van der Waals surface area contributed by atoms with E-state index in [1.807, 2.05) is 30.3 Å². The summed E-state index contributed by atoms with van der Waals surface area (Å²) >= 11 is 0. The average Bonchev–Trinajstić information content (AvgIpc) is 2.07. The summed E-state index contributed by atoms with van der Waals surface area (Å²) in [5.74, 6) is 0.881. The summed E-state index contributed by atoms with van der Waals surface area (Å²) in [4.78, 5) is 0. The van der Waals surface area contributed by atoms with Crippen LogP contribution in [0.4, 0.5) is 0 Å². The SMILES string of the molecule is [CH2]/C=C/c1ccc(OC)cc1. The molecule has 0 saturated carbocycles. The van der Waals surface area contributed by atoms with Crippen molar-refractivity contribution in [3.8, 4) is 5.75 Å². The molecule has 1 nitrogen and oxygen atoms in total. The standard InChI is InChI=1S/C10H11O/c1-3-4-9-5-7-10(11-2)8-6-9/h3-8H,1H2,2H3/b4-3+. The van der Waals surface area contributed by atoms with E-state index in [0.717, 1.165) is 11.3 Å². The van der Waals surface area contributed by atoms with Gasteiger partial charge in [-0.05, 0) is 24.6 Å². The first-order valence-corrected chi connectivity index (χ1v) is 3.46. The number of benzene rings is 1. The summed E-state index contributed by atoms with van der Waals surface area (Å²) in [6.07, 6.45) is 3.71. The zero-order chi connectivity index (χ0) is 8.10. The highest BCUT2D eigenvalue weighted by molar-refractivity contribution is 5.50. The van der Waals surface area contributed by atoms with Crippen LogP contribution in [0.15, 0.2) is 30.3 Å². The summed E-state index contributed by atoms with van der Waals surface area (Å²) in [5.41, 5.74) is 1.14. The van der Waals surface area contributed by atoms with Crippen molar-refractivity contribution in [1.82, 2.24) is 0 Å². The van der Waals surface area contributed by atoms with Crippen LogP contribution in [0.2, 0.25) is 0 Å². The highest BCUT2D eigenvalue weighted by Crippen LogP contribution is 2.11. The Kier molecular flexibility index (Phi) is 2.73. The van der Waals surface area contributed by atoms with Gasteiger partial charge < -0.3 is 4.74 Å². The largest absolute Gasteiger partial charge is 0.497 e. The summed E-state index contributed by atoms with van der Waals surface area (Å²) < 4.78 is 5.01. The van der Waals surface area contributed by atoms with E-state index in [0.29, 0.717) is 0 Å². The molecule has 0 saturated heterocycles. The van der Waals surface area contributed by atoms with Gasteiger partial charge in [0.05, 0.1) is 7.11 Å². The summed E-state index contributed by atoms with van der Waals surface area (Å²) in [7, 11) is 1.66. The molecule has 0 amide bonds. The number of hydrogen-bond acceptors (Lipinski definition) is 1. The third kappa shape index (κ3) is 2.11. The highest BCUT2D eigenvalue weighted by Gasteiger charge is 1.87. The Hall–Kier alpha value is -1.24. The fraction of sp³-hybridized carbons (Fsp3) is 0.100. The predicted octanol–water partition coefficient (Wildman–Crippen LogP) is 2.54. The molecule has 0 N–H and O–H groups in total. The van der Waals surface area contributed by atoms with Crippen LogP contribution in [-0.4, -0.2) is 7.11 Å². The van der Waals surface area contributed by atoms with E-state index in [2.05, 4.69) is 6.92 Å². The van der Waals surface area contributed by atoms with E-state index in [9.17, 15) is 0 Å². The third-order valence-corrected chi connectivity index (χ3v) is 1.43. The van der Waals surface area contributed by atoms with Crippen LogP contribution in [0.5, 0.6) is 5.75 Å². The van der Waals surface area contributed by atoms with E-state index in [-0.39, 0.29) is 0 Å². The number of hydrogen-bond donors (Lipinski definition) is 0. The molecular weight excluding hydrogens is 136 g/mol. The van der Waals surface area contributed by atoms with E-state index < -0.39 is 0 Å². The van der Waals surface area contributed by atoms with Crippen molar-refractivity contribution >= 4 is 6.08 Å². The molecule has 1 rings (SSSR count). The Morgan fingerprint density at radius 3 is 2.36 bits per heavy atom. The molecule has 1 aromatic rings. The third-order valence-electron chi connectivity index (χ3n) is 1.43. The predicted molar refractivity (Wildman–Crippen MR) is 47.4 cm³/mol. The number of ether oxygens (including phenoxy) is 1. The van der Waals surface area contributed by atoms with Crippen molar-refractivity contribution in [2.45, 2.75) is 0 Å². The van der Waals surface area contributed by atoms with Crippen molar-refractivity contribution in [1.29, 1.82) is 0 Å². The molecule has 0 unspecified atom stereocenters. The number of allylic oxidation sites excluding steroid dienone is 1. The lowest BCUT2D eigenvalue weighted by atomic mass is 10.2. The van der Waals surface area contributed by atoms with Gasteiger partial charge in [-0.15, -0.1) is 0 Å². The van der Waals surface area contributed by atoms with Crippen LogP contribution >= 0.6 is 0 Å². The average molecular weight is 147 g/mol. The first-order chi connectivity index (χ1) is 5.36. The fourth-order valence-corrected chi connectivity index (χ4v) is 0.851. The Morgan fingerprint density at radius 2 is 1.91 bits per heavy atom. The van der Waals surface area contributed by atoms with Crippen LogP contribution in [0.3, 0.4) is 0 Å². The molecule has 1 aromatic carbocycles. The molecule has 1 heteroatoms. The fourth-order valence-electron chi connectivity index (χ4n) is 0.851. The monoisotopic (exact) mass is 147 g/mol. The maximum atomic E-state index is 5.01. The molecule has 0 aliphatic rings. The normalized spacial score (nSPS) is 10.4. The second-order valence-electron chi connectivity index (χ2n) is 2.18. The van der Waals surface area contributed by atoms with Crippen molar-refractivity contribution < 1.29 is 4.74 Å². The van der Waals surface area contributed by atoms with Crippen molar-refractivity contribution in [2.24, 2.45) is 0 Å². The lowest BCUT2D eigenvalue weighted by molar-refractivity contribution is 0.415. The van der Waals surface area contributed by atoms with E-state index in [1.54, 1.807) is 13.2 Å². The van der Waals surface area contributed by atoms with Crippen LogP contribution in [0.25, 0.3) is 6.08 Å². The van der Waals surface area contributed by atoms with Gasteiger partial charge in [-0.3, -0.25) is 0 Å². The molecule has 0 heterocycles. The highest BCUT2D eigenvalue weighted by atomic mass is 16.5. The van der Waals surface area contributed by atoms with Gasteiger partial charge in [0.1, 0.15) is 5.75 Å². The Labute approximate surface area is 67.3 Å². The molecule has 11 heavy (non-hydrogen) atoms. The second-order valence-corrected chi connectivity index (χ2v) is 2.18. The van der Waals surface area contributed by atoms with Crippen molar-refractivity contribution in [2.75, 3.05) is 7.11 Å². The van der Waals surface area contributed by atoms with Gasteiger partial charge in [0.2, 0.25) is 0 Å². The lowest BCUT2D eigenvalue weighted by Gasteiger charge is -1.98. The van der Waals surface area contributed by atoms with Gasteiger partial charge in [0.25, 0.3) is 0 Å². The zero-order valence-corrected chi connectivity index (χ0v) is 6.58. The first kappa shape index (κ1) is 7.86. The molecule has 0 bridgehead atoms. The lowest BCUT2D eigenvalue weighted by Crippen LogP contribution is -1.80. The quantitative estimate of drug-likeness (QED) is 0.624. The minimum absolute atomic E-state index is 0.881. The zero-order valence-electron chi connectivity index (χ0n) is 6.58. The molecule has 0 spiro atoms. The molecule has 0 aliphatic heterocycles. The topological polar surface area (TPSA) is 9.23 Å². The Bertz CT molecular complexity index is 234. The summed E-state index contributed by atoms with van der Waals surface area (Å²) in [6, 6.07) is 7.83. The smallest absolute Gasteiger partial charge is 0.118 e. The molecular formula is C10H11O. The van der Waals surface area contributed by atoms with Gasteiger partial charge >= 0.3 is 0 Å². The van der Waals surface area contributed by atoms with Gasteiger partial charge in [-0.1, -0.05) is 24.3 Å². The Morgan fingerprint density at radius 1 is 1.27 bits per heavy atom. The molecule has 0 atom stereocenters. The second kappa shape index (κ2) is 3.81. The van der Waals surface area contributed by atoms with Gasteiger partial charge in [-0.25, -0.2) is 0 Å². The minimum Gasteiger partial charge on any atom is -0.497 e. The molecule has 0 aliphatic carbocycles. The van der Waals surface area contributed by atoms with Crippen molar-refractivity contribution in [3.05, 3.63) is 42.8 Å². The molecule has 0 aromatic heterocycles. The number of rotatable bonds is 2. The van der Waals surface area contributed by atoms with E-state index >= 15 is 0 Å². The van der Waals surface area contributed by atoms with Crippen LogP contribution < -0.4 is 4.74 Å². The molecule has 1 radical (unpaired) electrons. The minimum atomic E-state index is 0.881. The number of methoxy groups -OCH3 is 1. The van der Waals surface area contributed by atoms with Crippen molar-refractivity contribution in [3.63, 3.8) is 0 Å². The van der Waals surface area contributed by atoms with E-state index in [1.165, 1.54) is 0 Å². The van der Waals surface area contributed by atoms with Gasteiger partial charge in [0.15, 0.2) is 0 Å². The maximum absolute atomic E-state index is 5.01. The van der Waals surface area contributed by atoms with Gasteiger partial charge in [-0.2, -0.15) is 0 Å². The van der Waals surface area contributed by atoms with Crippen LogP contribution in [0.1, 0.15) is 5.56 Å². The van der Waals surface area contributed by atoms with Gasteiger partial charge in [0, 0.05) is 0 Å². The first-order valence-electron chi connectivity index (χ1n) is 3.46. The van der Waals surface area contributed by atoms with Crippen LogP contribution in [0, 0.1) is 6.92 Å². The van der Waals surface area contributed by atoms with E-state index in [4.69, 9.17) is 4.74 Å². The summed E-state index contributed by atoms with van der Waals surface area (Å²) in [5, 5.41) is 0. The summed E-state index contributed by atoms with van der Waals surface area (Å²) in [6.45, 7) is 3.61. The molecule has 57 valence electrons. The molecule has 0 fully saturated rings. The maximum Gasteiger partial charge on any atom is 0.118 e.